The van der Waals surface area contributed by atoms with Gasteiger partial charge in [0.15, 0.2) is 29.4 Å². The van der Waals surface area contributed by atoms with Gasteiger partial charge in [0, 0.05) is 6.20 Å². The molecule has 11 N–H and O–H groups in total. The van der Waals surface area contributed by atoms with Crippen LogP contribution in [0.25, 0.3) is 11.2 Å². The van der Waals surface area contributed by atoms with Gasteiger partial charge in [0.25, 0.3) is 0 Å². The van der Waals surface area contributed by atoms with Gasteiger partial charge in [-0.05, 0) is 6.07 Å². The Kier molecular flexibility index (Phi) is 8.96. The molecule has 0 aromatic carbocycles. The van der Waals surface area contributed by atoms with E-state index in [1.54, 1.807) is 0 Å². The first-order chi connectivity index (χ1) is 19.2. The monoisotopic (exact) mass is 608 g/mol. The molecule has 8 atom stereocenters. The molecule has 226 valence electrons. The van der Waals surface area contributed by atoms with Gasteiger partial charge in [-0.25, -0.2) is 14.3 Å². The fraction of sp³-hybridized carbons (Fsp3) is 0.526. The van der Waals surface area contributed by atoms with E-state index in [0.29, 0.717) is 0 Å². The van der Waals surface area contributed by atoms with Crippen LogP contribution in [0.2, 0.25) is 0 Å². The molecular formula is C19H26FN8O12P. The summed E-state index contributed by atoms with van der Waals surface area (Å²) in [5, 5.41) is 48.2. The van der Waals surface area contributed by atoms with Gasteiger partial charge in [0.2, 0.25) is 0 Å². The topological polar surface area (TPSA) is 317 Å². The lowest BCUT2D eigenvalue weighted by atomic mass is 10.1. The van der Waals surface area contributed by atoms with Crippen molar-refractivity contribution in [2.24, 2.45) is 0 Å². The van der Waals surface area contributed by atoms with Crippen molar-refractivity contribution in [1.82, 2.24) is 29.1 Å². The van der Waals surface area contributed by atoms with Crippen molar-refractivity contribution in [2.75, 3.05) is 24.7 Å². The smallest absolute Gasteiger partial charge is 0.394 e. The highest BCUT2D eigenvalue weighted by Gasteiger charge is 2.45. The lowest BCUT2D eigenvalue weighted by Gasteiger charge is -2.16. The minimum absolute atomic E-state index is 0.0537. The summed E-state index contributed by atoms with van der Waals surface area (Å²) in [6, 6.07) is 1.37. The first-order valence-electron chi connectivity index (χ1n) is 11.6. The van der Waals surface area contributed by atoms with Crippen molar-refractivity contribution in [3.63, 3.8) is 0 Å². The Balaban J connectivity index is 0.000000201. The number of anilines is 2. The number of fused-ring (bicyclic) bond motifs is 1. The number of nitrogens with two attached hydrogens (primary N) is 2. The predicted molar refractivity (Wildman–Crippen MR) is 130 cm³/mol. The highest BCUT2D eigenvalue weighted by Crippen LogP contribution is 2.39. The van der Waals surface area contributed by atoms with E-state index in [9.17, 15) is 34.2 Å². The van der Waals surface area contributed by atoms with Crippen LogP contribution in [0.5, 0.6) is 0 Å². The van der Waals surface area contributed by atoms with E-state index in [0.717, 1.165) is 15.5 Å². The van der Waals surface area contributed by atoms with Crippen molar-refractivity contribution >= 4 is 30.6 Å². The van der Waals surface area contributed by atoms with Gasteiger partial charge in [0.1, 0.15) is 42.4 Å². The molecule has 0 unspecified atom stereocenters. The van der Waals surface area contributed by atoms with Gasteiger partial charge in [-0.15, -0.1) is 0 Å². The Morgan fingerprint density at radius 2 is 1.59 bits per heavy atom. The van der Waals surface area contributed by atoms with E-state index in [1.165, 1.54) is 12.3 Å². The number of aliphatic hydroxyl groups excluding tert-OH is 5. The second-order valence-electron chi connectivity index (χ2n) is 8.81. The number of phosphoric ester groups is 1. The van der Waals surface area contributed by atoms with E-state index in [4.69, 9.17) is 35.8 Å². The van der Waals surface area contributed by atoms with Crippen LogP contribution >= 0.6 is 7.82 Å². The number of imidazole rings is 1. The van der Waals surface area contributed by atoms with E-state index in [1.807, 2.05) is 0 Å². The first kappa shape index (κ1) is 30.7. The number of rotatable bonds is 6. The van der Waals surface area contributed by atoms with E-state index in [2.05, 4.69) is 24.5 Å². The number of ether oxygens (including phenoxy) is 2. The van der Waals surface area contributed by atoms with Crippen molar-refractivity contribution in [3.8, 4) is 0 Å². The fourth-order valence-corrected chi connectivity index (χ4v) is 4.43. The predicted octanol–water partition coefficient (Wildman–Crippen LogP) is -4.29. The third-order valence-electron chi connectivity index (χ3n) is 6.08. The zero-order chi connectivity index (χ0) is 30.2. The van der Waals surface area contributed by atoms with Gasteiger partial charge in [-0.1, -0.05) is 0 Å². The van der Waals surface area contributed by atoms with Gasteiger partial charge in [-0.2, -0.15) is 19.3 Å². The highest BCUT2D eigenvalue weighted by atomic mass is 31.2. The molecule has 2 aliphatic heterocycles. The molecule has 0 spiro atoms. The Bertz CT molecular complexity index is 1490. The van der Waals surface area contributed by atoms with E-state index in [-0.39, 0.29) is 22.8 Å². The molecule has 3 aromatic heterocycles. The number of nitrogen functional groups attached to an aromatic ring is 2. The first-order valence-corrected chi connectivity index (χ1v) is 13.1. The van der Waals surface area contributed by atoms with Crippen LogP contribution in [0.15, 0.2) is 23.4 Å². The van der Waals surface area contributed by atoms with Crippen LogP contribution in [0.1, 0.15) is 12.5 Å². The molecule has 0 bridgehead atoms. The molecule has 5 heterocycles. The van der Waals surface area contributed by atoms with Gasteiger partial charge in [-0.3, -0.25) is 13.7 Å². The SMILES string of the molecule is Nc1ccn([C@@H]2O[C@H](CO)[C@@H](O)[C@@H]2O)c(=O)n1.Nc1nc(F)nc2c1ncn2[C@@H]1O[C@H](COP(=O)(O)O)[C@@H](O)[C@@H]1O. The molecule has 0 saturated carbocycles. The average Bonchev–Trinajstić information content (AvgIpc) is 3.53. The number of phosphoric acid groups is 1. The Morgan fingerprint density at radius 1 is 0.976 bits per heavy atom. The van der Waals surface area contributed by atoms with Crippen LogP contribution in [-0.4, -0.2) is 114 Å². The summed E-state index contributed by atoms with van der Waals surface area (Å²) in [7, 11) is -4.78. The van der Waals surface area contributed by atoms with Crippen LogP contribution in [0.4, 0.5) is 16.0 Å². The maximum Gasteiger partial charge on any atom is 0.469 e. The second-order valence-corrected chi connectivity index (χ2v) is 10.0. The molecule has 41 heavy (non-hydrogen) atoms. The van der Waals surface area contributed by atoms with Gasteiger partial charge < -0.3 is 56.3 Å². The maximum absolute atomic E-state index is 13.3. The van der Waals surface area contributed by atoms with Gasteiger partial charge in [0.05, 0.1) is 19.5 Å². The Morgan fingerprint density at radius 3 is 2.17 bits per heavy atom. The largest absolute Gasteiger partial charge is 0.469 e. The molecular weight excluding hydrogens is 582 g/mol. The fourth-order valence-electron chi connectivity index (χ4n) is 4.09. The number of aliphatic hydroxyl groups is 5. The summed E-state index contributed by atoms with van der Waals surface area (Å²) in [6.07, 6.45) is -8.73. The molecule has 22 heteroatoms. The molecule has 5 rings (SSSR count). The molecule has 2 aliphatic rings. The summed E-state index contributed by atoms with van der Waals surface area (Å²) in [4.78, 5) is 43.1. The summed E-state index contributed by atoms with van der Waals surface area (Å²) < 4.78 is 41.0. The molecule has 0 aliphatic carbocycles. The number of nitrogens with zero attached hydrogens (tertiary/aromatic N) is 6. The molecule has 20 nitrogen and oxygen atoms in total. The molecule has 2 fully saturated rings. The summed E-state index contributed by atoms with van der Waals surface area (Å²) in [6.45, 7) is -1.12. The zero-order valence-electron chi connectivity index (χ0n) is 20.6. The van der Waals surface area contributed by atoms with Crippen molar-refractivity contribution < 1.29 is 58.3 Å². The number of hydrogen-bond donors (Lipinski definition) is 9. The average molecular weight is 608 g/mol. The van der Waals surface area contributed by atoms with E-state index < -0.39 is 81.9 Å². The maximum atomic E-state index is 13.3. The minimum Gasteiger partial charge on any atom is -0.394 e. The number of aromatic nitrogens is 6. The van der Waals surface area contributed by atoms with Gasteiger partial charge >= 0.3 is 19.6 Å². The summed E-state index contributed by atoms with van der Waals surface area (Å²) >= 11 is 0. The molecule has 3 aromatic rings. The van der Waals surface area contributed by atoms with Crippen molar-refractivity contribution in [2.45, 2.75) is 49.1 Å². The molecule has 0 amide bonds. The number of halogens is 1. The standard InChI is InChI=1S/C10H13FN5O7P.C9H13N3O5/c11-10-14-7(12)4-8(15-10)16(2-13-4)9-6(18)5(17)3(23-9)1-22-24(19,20)21;10-5-1-2-12(9(16)11-5)8-7(15)6(14)4(3-13)17-8/h2-3,5-6,9,17-18H,1H2,(H2,12,14,15)(H2,19,20,21);1-2,4,6-8,13-15H,3H2,(H2,10,11,16)/t3-,5-,6+,9-;4-,6-,7+,8-/m11/s1. The zero-order valence-corrected chi connectivity index (χ0v) is 21.5. The Hall–Kier alpha value is -3.21. The third kappa shape index (κ3) is 6.50. The quantitative estimate of drug-likeness (QED) is 0.0944. The van der Waals surface area contributed by atoms with Crippen molar-refractivity contribution in [3.05, 3.63) is 35.2 Å². The Labute approximate surface area is 227 Å². The minimum atomic E-state index is -4.78. The lowest BCUT2D eigenvalue weighted by molar-refractivity contribution is -0.0549. The molecule has 2 saturated heterocycles. The van der Waals surface area contributed by atoms with Crippen LogP contribution in [0.3, 0.4) is 0 Å². The van der Waals surface area contributed by atoms with Crippen molar-refractivity contribution in [1.29, 1.82) is 0 Å². The third-order valence-corrected chi connectivity index (χ3v) is 6.57. The molecule has 0 radical (unpaired) electrons. The van der Waals surface area contributed by atoms with Crippen LogP contribution in [-0.2, 0) is 18.6 Å². The van der Waals surface area contributed by atoms with E-state index >= 15 is 0 Å². The lowest BCUT2D eigenvalue weighted by Crippen LogP contribution is -2.36. The summed E-state index contributed by atoms with van der Waals surface area (Å²) in [5.41, 5.74) is 10.1. The second kappa shape index (κ2) is 12.0. The highest BCUT2D eigenvalue weighted by molar-refractivity contribution is 7.46. The normalized spacial score (nSPS) is 30.0. The summed E-state index contributed by atoms with van der Waals surface area (Å²) in [5.74, 6) is -0.163. The van der Waals surface area contributed by atoms with Crippen LogP contribution < -0.4 is 17.2 Å². The number of hydrogen-bond acceptors (Lipinski definition) is 16. The van der Waals surface area contributed by atoms with Crippen LogP contribution in [0, 0.1) is 6.08 Å².